The fourth-order valence-corrected chi connectivity index (χ4v) is 1.75. The lowest BCUT2D eigenvalue weighted by atomic mass is 10.3. The Kier molecular flexibility index (Phi) is 3.91. The molecule has 0 bridgehead atoms. The zero-order chi connectivity index (χ0) is 14.0. The van der Waals surface area contributed by atoms with Crippen LogP contribution in [0.15, 0.2) is 29.0 Å². The van der Waals surface area contributed by atoms with Gasteiger partial charge >= 0.3 is 11.6 Å². The average molecular weight is 349 g/mol. The van der Waals surface area contributed by atoms with E-state index in [0.29, 0.717) is 4.47 Å². The van der Waals surface area contributed by atoms with E-state index in [4.69, 9.17) is 16.3 Å². The van der Waals surface area contributed by atoms with E-state index in [-0.39, 0.29) is 16.8 Å². The van der Waals surface area contributed by atoms with E-state index in [1.54, 1.807) is 0 Å². The predicted octanol–water partition coefficient (Wildman–Crippen LogP) is 3.73. The minimum atomic E-state index is -0.773. The third-order valence-electron chi connectivity index (χ3n) is 2.03. The normalized spacial score (nSPS) is 10.3. The van der Waals surface area contributed by atoms with Crippen molar-refractivity contribution in [1.29, 1.82) is 0 Å². The van der Waals surface area contributed by atoms with Crippen LogP contribution in [-0.4, -0.2) is 14.9 Å². The quantitative estimate of drug-likeness (QED) is 0.480. The minimum absolute atomic E-state index is 0.0397. The maximum atomic E-state index is 13.1. The topological polar surface area (TPSA) is 78.2 Å². The molecule has 1 aromatic carbocycles. The molecule has 9 heteroatoms. The largest absolute Gasteiger partial charge is 0.432 e. The molecule has 0 aliphatic rings. The van der Waals surface area contributed by atoms with Gasteiger partial charge in [-0.2, -0.15) is 4.98 Å². The number of hydrogen-bond acceptors (Lipinski definition) is 5. The van der Waals surface area contributed by atoms with Gasteiger partial charge in [-0.25, -0.2) is 9.37 Å². The molecule has 2 aromatic rings. The van der Waals surface area contributed by atoms with Crippen LogP contribution in [0, 0.1) is 15.9 Å². The molecule has 1 heterocycles. The fourth-order valence-electron chi connectivity index (χ4n) is 1.23. The van der Waals surface area contributed by atoms with E-state index in [1.165, 1.54) is 12.1 Å². The van der Waals surface area contributed by atoms with Gasteiger partial charge in [0.05, 0.1) is 9.40 Å². The van der Waals surface area contributed by atoms with Crippen molar-refractivity contribution in [2.24, 2.45) is 0 Å². The second kappa shape index (κ2) is 5.45. The molecule has 0 fully saturated rings. The van der Waals surface area contributed by atoms with Crippen LogP contribution in [0.5, 0.6) is 11.6 Å². The summed E-state index contributed by atoms with van der Waals surface area (Å²) in [6, 6.07) is 3.67. The number of nitrogens with zero attached hydrogens (tertiary/aromatic N) is 3. The monoisotopic (exact) mass is 347 g/mol. The van der Waals surface area contributed by atoms with E-state index in [2.05, 4.69) is 25.9 Å². The van der Waals surface area contributed by atoms with Gasteiger partial charge in [0.1, 0.15) is 17.9 Å². The van der Waals surface area contributed by atoms with Crippen molar-refractivity contribution in [2.45, 2.75) is 0 Å². The van der Waals surface area contributed by atoms with Gasteiger partial charge in [0.15, 0.2) is 0 Å². The Morgan fingerprint density at radius 1 is 1.42 bits per heavy atom. The van der Waals surface area contributed by atoms with Crippen LogP contribution in [0.2, 0.25) is 5.15 Å². The highest BCUT2D eigenvalue weighted by Gasteiger charge is 2.24. The van der Waals surface area contributed by atoms with Gasteiger partial charge in [-0.1, -0.05) is 11.6 Å². The molecule has 0 aliphatic carbocycles. The van der Waals surface area contributed by atoms with Gasteiger partial charge in [0.2, 0.25) is 5.15 Å². The van der Waals surface area contributed by atoms with Gasteiger partial charge in [-0.3, -0.25) is 10.1 Å². The highest BCUT2D eigenvalue weighted by Crippen LogP contribution is 2.36. The van der Waals surface area contributed by atoms with Crippen molar-refractivity contribution < 1.29 is 14.1 Å². The van der Waals surface area contributed by atoms with Crippen LogP contribution in [0.3, 0.4) is 0 Å². The third kappa shape index (κ3) is 2.96. The molecular weight excluding hydrogens is 344 g/mol. The Morgan fingerprint density at radius 3 is 2.84 bits per heavy atom. The van der Waals surface area contributed by atoms with Gasteiger partial charge in [0, 0.05) is 6.07 Å². The molecule has 0 aliphatic heterocycles. The third-order valence-corrected chi connectivity index (χ3v) is 2.96. The number of ether oxygens (including phenoxy) is 1. The number of halogens is 3. The number of benzene rings is 1. The predicted molar refractivity (Wildman–Crippen MR) is 67.9 cm³/mol. The highest BCUT2D eigenvalue weighted by atomic mass is 79.9. The highest BCUT2D eigenvalue weighted by molar-refractivity contribution is 9.10. The van der Waals surface area contributed by atoms with Crippen molar-refractivity contribution in [2.75, 3.05) is 0 Å². The lowest BCUT2D eigenvalue weighted by Gasteiger charge is -2.07. The zero-order valence-corrected chi connectivity index (χ0v) is 11.4. The first-order chi connectivity index (χ1) is 8.99. The number of hydrogen-bond donors (Lipinski definition) is 0. The molecular formula is C10H4BrClFN3O3. The summed E-state index contributed by atoms with van der Waals surface area (Å²) in [6.45, 7) is 0. The first-order valence-electron chi connectivity index (χ1n) is 4.77. The Morgan fingerprint density at radius 2 is 2.16 bits per heavy atom. The molecule has 1 aromatic heterocycles. The molecule has 0 atom stereocenters. The van der Waals surface area contributed by atoms with Crippen LogP contribution in [-0.2, 0) is 0 Å². The first kappa shape index (κ1) is 13.6. The van der Waals surface area contributed by atoms with Crippen LogP contribution < -0.4 is 4.74 Å². The lowest BCUT2D eigenvalue weighted by Crippen LogP contribution is -1.99. The fraction of sp³-hybridized carbons (Fsp3) is 0. The maximum absolute atomic E-state index is 13.1. The molecule has 19 heavy (non-hydrogen) atoms. The number of nitro groups is 1. The number of rotatable bonds is 3. The molecule has 0 amide bonds. The van der Waals surface area contributed by atoms with E-state index >= 15 is 0 Å². The summed E-state index contributed by atoms with van der Waals surface area (Å²) in [7, 11) is 0. The summed E-state index contributed by atoms with van der Waals surface area (Å²) in [4.78, 5) is 17.2. The molecule has 0 saturated heterocycles. The Bertz CT molecular complexity index is 656. The summed E-state index contributed by atoms with van der Waals surface area (Å²) in [5.74, 6) is -0.879. The van der Waals surface area contributed by atoms with E-state index < -0.39 is 16.4 Å². The molecule has 0 saturated carbocycles. The Hall–Kier alpha value is -1.80. The second-order valence-electron chi connectivity index (χ2n) is 3.25. The van der Waals surface area contributed by atoms with Crippen LogP contribution in [0.1, 0.15) is 0 Å². The summed E-state index contributed by atoms with van der Waals surface area (Å²) >= 11 is 8.73. The van der Waals surface area contributed by atoms with Gasteiger partial charge in [-0.15, -0.1) is 0 Å². The molecule has 0 N–H and O–H groups in total. The lowest BCUT2D eigenvalue weighted by molar-refractivity contribution is -0.386. The van der Waals surface area contributed by atoms with Crippen molar-refractivity contribution >= 4 is 33.2 Å². The maximum Gasteiger partial charge on any atom is 0.368 e. The molecule has 98 valence electrons. The van der Waals surface area contributed by atoms with E-state index in [9.17, 15) is 14.5 Å². The standard InChI is InChI=1S/C10H4BrClFN3O3/c11-6-2-1-5(13)3-7(6)19-10-8(16(17)18)9(12)14-4-15-10/h1-4H. The SMILES string of the molecule is O=[N+]([O-])c1c(Cl)ncnc1Oc1cc(F)ccc1Br. The van der Waals surface area contributed by atoms with Crippen LogP contribution >= 0.6 is 27.5 Å². The van der Waals surface area contributed by atoms with Crippen molar-refractivity contribution in [3.05, 3.63) is 50.1 Å². The van der Waals surface area contributed by atoms with Crippen molar-refractivity contribution in [3.8, 4) is 11.6 Å². The van der Waals surface area contributed by atoms with Gasteiger partial charge < -0.3 is 4.74 Å². The van der Waals surface area contributed by atoms with Gasteiger partial charge in [0.25, 0.3) is 0 Å². The van der Waals surface area contributed by atoms with Crippen molar-refractivity contribution in [3.63, 3.8) is 0 Å². The molecule has 0 radical (unpaired) electrons. The summed E-state index contributed by atoms with van der Waals surface area (Å²) in [6.07, 6.45) is 1.01. The smallest absolute Gasteiger partial charge is 0.368 e. The van der Waals surface area contributed by atoms with Crippen LogP contribution in [0.4, 0.5) is 10.1 Å². The van der Waals surface area contributed by atoms with E-state index in [0.717, 1.165) is 12.4 Å². The molecule has 2 rings (SSSR count). The average Bonchev–Trinajstić information content (AvgIpc) is 2.33. The second-order valence-corrected chi connectivity index (χ2v) is 4.46. The molecule has 0 spiro atoms. The first-order valence-corrected chi connectivity index (χ1v) is 5.94. The Balaban J connectivity index is 2.46. The summed E-state index contributed by atoms with van der Waals surface area (Å²) in [5.41, 5.74) is -0.583. The summed E-state index contributed by atoms with van der Waals surface area (Å²) in [5, 5.41) is 10.5. The molecule has 6 nitrogen and oxygen atoms in total. The number of aromatic nitrogens is 2. The summed E-state index contributed by atoms with van der Waals surface area (Å²) < 4.78 is 18.7. The molecule has 0 unspecified atom stereocenters. The van der Waals surface area contributed by atoms with Crippen molar-refractivity contribution in [1.82, 2.24) is 9.97 Å². The minimum Gasteiger partial charge on any atom is -0.432 e. The zero-order valence-electron chi connectivity index (χ0n) is 9.01. The Labute approximate surface area is 119 Å². The van der Waals surface area contributed by atoms with E-state index in [1.807, 2.05) is 0 Å². The van der Waals surface area contributed by atoms with Crippen LogP contribution in [0.25, 0.3) is 0 Å². The van der Waals surface area contributed by atoms with Gasteiger partial charge in [-0.05, 0) is 28.1 Å².